The normalized spacial score (nSPS) is 31.0. The van der Waals surface area contributed by atoms with E-state index in [1.54, 1.807) is 16.7 Å². The first kappa shape index (κ1) is 16.4. The topological polar surface area (TPSA) is 64.1 Å². The van der Waals surface area contributed by atoms with Gasteiger partial charge in [-0.05, 0) is 19.9 Å². The van der Waals surface area contributed by atoms with Gasteiger partial charge in [-0.3, -0.25) is 4.90 Å². The van der Waals surface area contributed by atoms with Gasteiger partial charge in [-0.25, -0.2) is 9.59 Å². The summed E-state index contributed by atoms with van der Waals surface area (Å²) in [6, 6.07) is -0.711. The molecule has 2 saturated heterocycles. The van der Waals surface area contributed by atoms with E-state index in [0.29, 0.717) is 12.3 Å². The van der Waals surface area contributed by atoms with E-state index < -0.39 is 12.0 Å². The van der Waals surface area contributed by atoms with Crippen LogP contribution in [-0.2, 0) is 4.79 Å². The number of carbonyl (C=O) groups is 2. The number of hydrogen-bond donors (Lipinski definition) is 1. The molecule has 120 valence electrons. The third kappa shape index (κ3) is 3.29. The molecule has 6 nitrogen and oxygen atoms in total. The van der Waals surface area contributed by atoms with Gasteiger partial charge < -0.3 is 14.9 Å². The largest absolute Gasteiger partial charge is 0.480 e. The molecule has 2 rings (SSSR count). The Balaban J connectivity index is 2.19. The van der Waals surface area contributed by atoms with Gasteiger partial charge in [0.1, 0.15) is 6.04 Å². The fourth-order valence-electron chi connectivity index (χ4n) is 3.05. The summed E-state index contributed by atoms with van der Waals surface area (Å²) >= 11 is 1.58. The lowest BCUT2D eigenvalue weighted by molar-refractivity contribution is -0.141. The number of urea groups is 1. The van der Waals surface area contributed by atoms with Gasteiger partial charge in [-0.15, -0.1) is 11.8 Å². The maximum absolute atomic E-state index is 12.9. The molecule has 3 atom stereocenters. The number of nitrogens with zero attached hydrogens (tertiary/aromatic N) is 3. The van der Waals surface area contributed by atoms with Crippen molar-refractivity contribution >= 4 is 23.8 Å². The Morgan fingerprint density at radius 3 is 2.48 bits per heavy atom. The molecule has 7 heteroatoms. The molecule has 1 N–H and O–H groups in total. The minimum atomic E-state index is -0.902. The number of aliphatic carboxylic acids is 1. The van der Waals surface area contributed by atoms with Crippen molar-refractivity contribution in [2.75, 3.05) is 32.4 Å². The molecule has 3 unspecified atom stereocenters. The summed E-state index contributed by atoms with van der Waals surface area (Å²) in [6.45, 7) is 8.43. The van der Waals surface area contributed by atoms with Crippen molar-refractivity contribution in [1.29, 1.82) is 0 Å². The average Bonchev–Trinajstić information content (AvgIpc) is 2.82. The van der Waals surface area contributed by atoms with Gasteiger partial charge >= 0.3 is 12.0 Å². The van der Waals surface area contributed by atoms with Crippen LogP contribution in [0.15, 0.2) is 0 Å². The van der Waals surface area contributed by atoms with Crippen molar-refractivity contribution < 1.29 is 14.7 Å². The monoisotopic (exact) mass is 315 g/mol. The van der Waals surface area contributed by atoms with E-state index in [9.17, 15) is 14.7 Å². The number of rotatable bonds is 2. The van der Waals surface area contributed by atoms with Crippen molar-refractivity contribution in [3.63, 3.8) is 0 Å². The Hall–Kier alpha value is -0.950. The van der Waals surface area contributed by atoms with Crippen LogP contribution in [0.3, 0.4) is 0 Å². The molecule has 21 heavy (non-hydrogen) atoms. The Labute approximate surface area is 130 Å². The van der Waals surface area contributed by atoms with Crippen molar-refractivity contribution in [3.05, 3.63) is 0 Å². The third-order valence-corrected chi connectivity index (χ3v) is 5.81. The Morgan fingerprint density at radius 1 is 1.29 bits per heavy atom. The summed E-state index contributed by atoms with van der Waals surface area (Å²) in [5.74, 6) is -0.182. The number of carboxylic acids is 1. The second kappa shape index (κ2) is 6.44. The molecule has 2 aliphatic rings. The first-order chi connectivity index (χ1) is 9.82. The molecule has 2 fully saturated rings. The van der Waals surface area contributed by atoms with Gasteiger partial charge in [-0.1, -0.05) is 13.8 Å². The zero-order chi connectivity index (χ0) is 15.7. The van der Waals surface area contributed by atoms with Gasteiger partial charge in [0.25, 0.3) is 0 Å². The number of thioether (sulfide) groups is 1. The Morgan fingerprint density at radius 2 is 1.95 bits per heavy atom. The number of carboxylic acid groups (broad SMARTS) is 1. The number of hydrogen-bond acceptors (Lipinski definition) is 4. The molecule has 0 aliphatic carbocycles. The minimum absolute atomic E-state index is 0.0505. The number of likely N-dealkylation sites (N-methyl/N-ethyl adjacent to an activating group) is 1. The molecular weight excluding hydrogens is 290 g/mol. The van der Waals surface area contributed by atoms with Crippen LogP contribution in [0.4, 0.5) is 4.79 Å². The first-order valence-corrected chi connectivity index (χ1v) is 8.49. The Kier molecular flexibility index (Phi) is 5.03. The van der Waals surface area contributed by atoms with Crippen LogP contribution in [0.1, 0.15) is 20.8 Å². The lowest BCUT2D eigenvalue weighted by Gasteiger charge is -2.42. The maximum atomic E-state index is 12.9. The third-order valence-electron chi connectivity index (χ3n) is 4.19. The summed E-state index contributed by atoms with van der Waals surface area (Å²) in [5, 5.41) is 9.35. The molecule has 2 heterocycles. The number of carbonyl (C=O) groups excluding carboxylic acids is 1. The van der Waals surface area contributed by atoms with E-state index in [1.165, 1.54) is 0 Å². The van der Waals surface area contributed by atoms with Gasteiger partial charge in [0, 0.05) is 31.4 Å². The van der Waals surface area contributed by atoms with Gasteiger partial charge in [-0.2, -0.15) is 0 Å². The number of piperazine rings is 1. The van der Waals surface area contributed by atoms with E-state index in [2.05, 4.69) is 4.90 Å². The van der Waals surface area contributed by atoms with E-state index in [-0.39, 0.29) is 23.4 Å². The summed E-state index contributed by atoms with van der Waals surface area (Å²) in [6.07, 6.45) is 0. The van der Waals surface area contributed by atoms with E-state index in [0.717, 1.165) is 13.1 Å². The minimum Gasteiger partial charge on any atom is -0.480 e. The van der Waals surface area contributed by atoms with E-state index in [1.807, 2.05) is 32.7 Å². The fraction of sp³-hybridized carbons (Fsp3) is 0.857. The van der Waals surface area contributed by atoms with Crippen LogP contribution in [0, 0.1) is 5.92 Å². The predicted molar refractivity (Wildman–Crippen MR) is 83.4 cm³/mol. The van der Waals surface area contributed by atoms with E-state index in [4.69, 9.17) is 0 Å². The van der Waals surface area contributed by atoms with Crippen molar-refractivity contribution in [3.8, 4) is 0 Å². The molecule has 0 bridgehead atoms. The smallest absolute Gasteiger partial charge is 0.327 e. The lowest BCUT2D eigenvalue weighted by atomic mass is 10.1. The fourth-order valence-corrected chi connectivity index (χ4v) is 4.51. The second-order valence-electron chi connectivity index (χ2n) is 6.32. The van der Waals surface area contributed by atoms with Crippen LogP contribution in [0.2, 0.25) is 0 Å². The lowest BCUT2D eigenvalue weighted by Crippen LogP contribution is -2.59. The van der Waals surface area contributed by atoms with E-state index >= 15 is 0 Å². The molecule has 2 amide bonds. The van der Waals surface area contributed by atoms with Gasteiger partial charge in [0.2, 0.25) is 0 Å². The highest BCUT2D eigenvalue weighted by Crippen LogP contribution is 2.35. The molecule has 0 aromatic rings. The second-order valence-corrected chi connectivity index (χ2v) is 7.47. The Bertz CT molecular complexity index is 418. The van der Waals surface area contributed by atoms with Crippen LogP contribution < -0.4 is 0 Å². The highest BCUT2D eigenvalue weighted by Gasteiger charge is 2.45. The predicted octanol–water partition coefficient (Wildman–Crippen LogP) is 1.23. The average molecular weight is 315 g/mol. The van der Waals surface area contributed by atoms with Crippen molar-refractivity contribution in [1.82, 2.24) is 14.7 Å². The zero-order valence-electron chi connectivity index (χ0n) is 13.2. The number of amides is 2. The van der Waals surface area contributed by atoms with Crippen LogP contribution in [0.25, 0.3) is 0 Å². The van der Waals surface area contributed by atoms with Crippen molar-refractivity contribution in [2.45, 2.75) is 38.2 Å². The molecule has 0 saturated carbocycles. The van der Waals surface area contributed by atoms with Crippen molar-refractivity contribution in [2.24, 2.45) is 5.92 Å². The first-order valence-electron chi connectivity index (χ1n) is 7.44. The van der Waals surface area contributed by atoms with Crippen LogP contribution >= 0.6 is 11.8 Å². The van der Waals surface area contributed by atoms with Crippen LogP contribution in [-0.4, -0.2) is 81.7 Å². The molecule has 0 aromatic carbocycles. The highest BCUT2D eigenvalue weighted by molar-refractivity contribution is 8.00. The molecular formula is C14H25N3O3S. The molecule has 0 aromatic heterocycles. The zero-order valence-corrected chi connectivity index (χ0v) is 14.0. The molecule has 0 spiro atoms. The summed E-state index contributed by atoms with van der Waals surface area (Å²) in [4.78, 5) is 30.0. The maximum Gasteiger partial charge on any atom is 0.327 e. The summed E-state index contributed by atoms with van der Waals surface area (Å²) < 4.78 is 0. The van der Waals surface area contributed by atoms with Gasteiger partial charge in [0.15, 0.2) is 0 Å². The standard InChI is InChI=1S/C14H25N3O3S/c1-9(2)12-17(11(8-21-12)13(18)19)14(20)16-6-5-15(4)7-10(16)3/h9-12H,5-8H2,1-4H3,(H,18,19). The highest BCUT2D eigenvalue weighted by atomic mass is 32.2. The summed E-state index contributed by atoms with van der Waals surface area (Å²) in [7, 11) is 2.04. The van der Waals surface area contributed by atoms with Crippen LogP contribution in [0.5, 0.6) is 0 Å². The SMILES string of the molecule is CC(C)C1SCC(C(=O)O)N1C(=O)N1CCN(C)CC1C. The molecule has 2 aliphatic heterocycles. The van der Waals surface area contributed by atoms with Gasteiger partial charge in [0.05, 0.1) is 5.37 Å². The molecule has 0 radical (unpaired) electrons. The quantitative estimate of drug-likeness (QED) is 0.830. The summed E-state index contributed by atoms with van der Waals surface area (Å²) in [5.41, 5.74) is 0.